The van der Waals surface area contributed by atoms with E-state index in [-0.39, 0.29) is 11.9 Å². The van der Waals surface area contributed by atoms with Gasteiger partial charge in [0.15, 0.2) is 6.54 Å². The number of rotatable bonds is 5. The van der Waals surface area contributed by atoms with Crippen LogP contribution in [0.5, 0.6) is 0 Å². The Morgan fingerprint density at radius 2 is 2.09 bits per heavy atom. The average molecular weight is 324 g/mol. The molecule has 1 saturated carbocycles. The fourth-order valence-electron chi connectivity index (χ4n) is 3.31. The van der Waals surface area contributed by atoms with Crippen LogP contribution in [0.25, 0.3) is 0 Å². The predicted molar refractivity (Wildman–Crippen MR) is 90.8 cm³/mol. The van der Waals surface area contributed by atoms with Gasteiger partial charge in [0.25, 0.3) is 5.91 Å². The molecule has 0 bridgehead atoms. The van der Waals surface area contributed by atoms with E-state index in [1.54, 1.807) is 0 Å². The summed E-state index contributed by atoms with van der Waals surface area (Å²) in [6.45, 7) is 7.07. The molecule has 1 aromatic carbocycles. The van der Waals surface area contributed by atoms with Crippen molar-refractivity contribution in [3.63, 3.8) is 0 Å². The van der Waals surface area contributed by atoms with Crippen molar-refractivity contribution in [2.45, 2.75) is 52.1 Å². The van der Waals surface area contributed by atoms with Crippen molar-refractivity contribution in [1.29, 1.82) is 0 Å². The van der Waals surface area contributed by atoms with E-state index < -0.39 is 0 Å². The maximum Gasteiger partial charge on any atom is 0.275 e. The maximum atomic E-state index is 12.2. The van der Waals surface area contributed by atoms with Crippen LogP contribution in [0.4, 0.5) is 0 Å². The van der Waals surface area contributed by atoms with Gasteiger partial charge in [0.05, 0.1) is 0 Å². The minimum absolute atomic E-state index is 0.129. The van der Waals surface area contributed by atoms with Crippen LogP contribution in [-0.2, 0) is 4.79 Å². The molecule has 0 spiro atoms. The number of halogens is 1. The fourth-order valence-corrected chi connectivity index (χ4v) is 3.61. The van der Waals surface area contributed by atoms with Crippen molar-refractivity contribution in [3.05, 3.63) is 34.9 Å². The van der Waals surface area contributed by atoms with Gasteiger partial charge in [-0.3, -0.25) is 4.79 Å². The number of amides is 1. The van der Waals surface area contributed by atoms with Crippen molar-refractivity contribution in [1.82, 2.24) is 5.32 Å². The monoisotopic (exact) mass is 323 g/mol. The molecule has 0 heterocycles. The summed E-state index contributed by atoms with van der Waals surface area (Å²) in [4.78, 5) is 12.2. The normalized spacial score (nSPS) is 26.5. The lowest BCUT2D eigenvalue weighted by Gasteiger charge is -2.34. The van der Waals surface area contributed by atoms with Crippen molar-refractivity contribution >= 4 is 17.5 Å². The Kier molecular flexibility index (Phi) is 6.27. The fraction of sp³-hybridized carbons (Fsp3) is 0.611. The molecule has 22 heavy (non-hydrogen) atoms. The van der Waals surface area contributed by atoms with Crippen LogP contribution < -0.4 is 10.6 Å². The van der Waals surface area contributed by atoms with Gasteiger partial charge < -0.3 is 10.6 Å². The average Bonchev–Trinajstić information content (AvgIpc) is 2.50. The van der Waals surface area contributed by atoms with E-state index in [2.05, 4.69) is 26.1 Å². The third kappa shape index (κ3) is 4.47. The molecule has 3 N–H and O–H groups in total. The largest absolute Gasteiger partial charge is 0.348 e. The van der Waals surface area contributed by atoms with Crippen LogP contribution in [0.15, 0.2) is 24.3 Å². The van der Waals surface area contributed by atoms with Gasteiger partial charge in [0.2, 0.25) is 0 Å². The highest BCUT2D eigenvalue weighted by atomic mass is 35.5. The maximum absolute atomic E-state index is 12.2. The minimum atomic E-state index is 0.129. The molecule has 0 saturated heterocycles. The lowest BCUT2D eigenvalue weighted by molar-refractivity contribution is -0.682. The Labute approximate surface area is 138 Å². The zero-order valence-electron chi connectivity index (χ0n) is 13.8. The van der Waals surface area contributed by atoms with E-state index >= 15 is 0 Å². The van der Waals surface area contributed by atoms with E-state index in [1.807, 2.05) is 29.6 Å². The number of nitrogens with two attached hydrogens (primary N) is 1. The Morgan fingerprint density at radius 3 is 2.82 bits per heavy atom. The van der Waals surface area contributed by atoms with Crippen molar-refractivity contribution in [2.24, 2.45) is 11.8 Å². The summed E-state index contributed by atoms with van der Waals surface area (Å²) in [5, 5.41) is 6.03. The van der Waals surface area contributed by atoms with Crippen molar-refractivity contribution in [2.75, 3.05) is 6.54 Å². The molecule has 1 aliphatic carbocycles. The predicted octanol–water partition coefficient (Wildman–Crippen LogP) is 2.91. The number of hydrogen-bond acceptors (Lipinski definition) is 1. The Hall–Kier alpha value is -1.06. The second-order valence-electron chi connectivity index (χ2n) is 6.69. The van der Waals surface area contributed by atoms with Crippen LogP contribution in [0.3, 0.4) is 0 Å². The first-order valence-electron chi connectivity index (χ1n) is 8.36. The molecule has 122 valence electrons. The molecule has 0 aliphatic heterocycles. The summed E-state index contributed by atoms with van der Waals surface area (Å²) in [5.74, 6) is 1.40. The third-order valence-electron chi connectivity index (χ3n) is 5.11. The molecule has 1 aliphatic rings. The zero-order chi connectivity index (χ0) is 16.1. The van der Waals surface area contributed by atoms with E-state index in [1.165, 1.54) is 12.8 Å². The molecule has 0 radical (unpaired) electrons. The highest BCUT2D eigenvalue weighted by molar-refractivity contribution is 6.31. The minimum Gasteiger partial charge on any atom is -0.348 e. The molecule has 1 aromatic rings. The SMILES string of the molecule is C[C@@H]1[C@H](C)CCC[C@H]1NC(=O)C[NH2+][C@@H](C)c1ccccc1Cl. The molecule has 4 heteroatoms. The van der Waals surface area contributed by atoms with E-state index in [0.29, 0.717) is 24.4 Å². The van der Waals surface area contributed by atoms with Gasteiger partial charge in [0.1, 0.15) is 6.04 Å². The molecule has 1 amide bonds. The first-order valence-corrected chi connectivity index (χ1v) is 8.74. The summed E-state index contributed by atoms with van der Waals surface area (Å²) >= 11 is 6.20. The number of quaternary nitrogens is 1. The molecule has 2 rings (SSSR count). The van der Waals surface area contributed by atoms with Gasteiger partial charge in [-0.05, 0) is 31.2 Å². The van der Waals surface area contributed by atoms with Crippen LogP contribution in [0, 0.1) is 11.8 Å². The van der Waals surface area contributed by atoms with Gasteiger partial charge >= 0.3 is 0 Å². The second kappa shape index (κ2) is 7.98. The Morgan fingerprint density at radius 1 is 1.36 bits per heavy atom. The van der Waals surface area contributed by atoms with Crippen LogP contribution >= 0.6 is 11.6 Å². The van der Waals surface area contributed by atoms with E-state index in [4.69, 9.17) is 11.6 Å². The van der Waals surface area contributed by atoms with E-state index in [9.17, 15) is 4.79 Å². The number of carbonyl (C=O) groups excluding carboxylic acids is 1. The lowest BCUT2D eigenvalue weighted by atomic mass is 9.78. The van der Waals surface area contributed by atoms with Crippen molar-refractivity contribution < 1.29 is 10.1 Å². The van der Waals surface area contributed by atoms with Crippen LogP contribution in [-0.4, -0.2) is 18.5 Å². The number of benzene rings is 1. The molecule has 1 fully saturated rings. The number of hydrogen-bond donors (Lipinski definition) is 2. The van der Waals surface area contributed by atoms with Gasteiger partial charge in [-0.2, -0.15) is 0 Å². The van der Waals surface area contributed by atoms with Crippen LogP contribution in [0.2, 0.25) is 5.02 Å². The van der Waals surface area contributed by atoms with Gasteiger partial charge in [-0.15, -0.1) is 0 Å². The van der Waals surface area contributed by atoms with Gasteiger partial charge in [-0.1, -0.05) is 56.5 Å². The summed E-state index contributed by atoms with van der Waals surface area (Å²) in [5.41, 5.74) is 1.08. The molecule has 3 nitrogen and oxygen atoms in total. The summed E-state index contributed by atoms with van der Waals surface area (Å²) < 4.78 is 0. The van der Waals surface area contributed by atoms with Gasteiger partial charge in [-0.25, -0.2) is 0 Å². The topological polar surface area (TPSA) is 45.7 Å². The second-order valence-corrected chi connectivity index (χ2v) is 7.10. The number of carbonyl (C=O) groups is 1. The molecule has 0 unspecified atom stereocenters. The standard InChI is InChI=1S/C18H27ClN2O/c1-12-7-6-10-17(13(12)2)21-18(22)11-20-14(3)15-8-4-5-9-16(15)19/h4-5,8-9,12-14,17,20H,6-7,10-11H2,1-3H3,(H,21,22)/p+1/t12-,13-,14+,17-/m1/s1. The first-order chi connectivity index (χ1) is 10.5. The Balaban J connectivity index is 1.81. The molecule has 4 atom stereocenters. The third-order valence-corrected chi connectivity index (χ3v) is 5.45. The Bertz CT molecular complexity index is 506. The van der Waals surface area contributed by atoms with Crippen LogP contribution in [0.1, 0.15) is 51.6 Å². The van der Waals surface area contributed by atoms with Gasteiger partial charge in [0, 0.05) is 16.6 Å². The molecular formula is C18H28ClN2O+. The van der Waals surface area contributed by atoms with Crippen molar-refractivity contribution in [3.8, 4) is 0 Å². The summed E-state index contributed by atoms with van der Waals surface area (Å²) in [6.07, 6.45) is 3.61. The quantitative estimate of drug-likeness (QED) is 0.860. The first kappa shape index (κ1) is 17.3. The summed E-state index contributed by atoms with van der Waals surface area (Å²) in [6, 6.07) is 8.34. The zero-order valence-corrected chi connectivity index (χ0v) is 14.6. The molecule has 0 aromatic heterocycles. The highest BCUT2D eigenvalue weighted by Gasteiger charge is 2.28. The lowest BCUT2D eigenvalue weighted by Crippen LogP contribution is -2.87. The highest BCUT2D eigenvalue weighted by Crippen LogP contribution is 2.29. The number of nitrogens with one attached hydrogen (secondary N) is 1. The summed E-state index contributed by atoms with van der Waals surface area (Å²) in [7, 11) is 0. The smallest absolute Gasteiger partial charge is 0.275 e. The van der Waals surface area contributed by atoms with E-state index in [0.717, 1.165) is 17.0 Å². The molecular weight excluding hydrogens is 296 g/mol.